The quantitative estimate of drug-likeness (QED) is 0.755. The van der Waals surface area contributed by atoms with Crippen LogP contribution in [0.4, 0.5) is 4.79 Å². The van der Waals surface area contributed by atoms with E-state index in [1.807, 2.05) is 6.92 Å². The Kier molecular flexibility index (Phi) is 5.55. The summed E-state index contributed by atoms with van der Waals surface area (Å²) in [5.74, 6) is 0.561. The van der Waals surface area contributed by atoms with E-state index in [0.717, 1.165) is 19.4 Å². The van der Waals surface area contributed by atoms with Gasteiger partial charge in [-0.2, -0.15) is 0 Å². The predicted molar refractivity (Wildman–Crippen MR) is 65.2 cm³/mol. The Labute approximate surface area is 106 Å². The van der Waals surface area contributed by atoms with Gasteiger partial charge >= 0.3 is 6.09 Å². The first-order valence-electron chi connectivity index (χ1n) is 5.85. The summed E-state index contributed by atoms with van der Waals surface area (Å²) >= 11 is 5.54. The Balaban J connectivity index is 2.50. The van der Waals surface area contributed by atoms with E-state index in [1.165, 1.54) is 0 Å². The third-order valence-electron chi connectivity index (χ3n) is 3.30. The van der Waals surface area contributed by atoms with Crippen LogP contribution in [0.5, 0.6) is 0 Å². The van der Waals surface area contributed by atoms with Crippen LogP contribution in [0.3, 0.4) is 0 Å². The van der Waals surface area contributed by atoms with Crippen molar-refractivity contribution in [1.82, 2.24) is 10.2 Å². The molecule has 2 amide bonds. The average molecular weight is 263 g/mol. The van der Waals surface area contributed by atoms with Crippen LogP contribution in [-0.4, -0.2) is 47.5 Å². The highest BCUT2D eigenvalue weighted by Crippen LogP contribution is 2.22. The van der Waals surface area contributed by atoms with Crippen LogP contribution in [0, 0.1) is 11.8 Å². The number of carbonyl (C=O) groups is 2. The van der Waals surface area contributed by atoms with Gasteiger partial charge in [-0.3, -0.25) is 4.79 Å². The van der Waals surface area contributed by atoms with Crippen molar-refractivity contribution in [1.29, 1.82) is 0 Å². The van der Waals surface area contributed by atoms with E-state index >= 15 is 0 Å². The topological polar surface area (TPSA) is 69.6 Å². The Hall–Kier alpha value is -0.970. The first-order valence-corrected chi connectivity index (χ1v) is 6.38. The smallest absolute Gasteiger partial charge is 0.404 e. The minimum absolute atomic E-state index is 0.0186. The lowest BCUT2D eigenvalue weighted by atomic mass is 9.91. The Bertz CT molecular complexity index is 286. The molecule has 6 heteroatoms. The van der Waals surface area contributed by atoms with Crippen LogP contribution < -0.4 is 5.32 Å². The zero-order valence-electron chi connectivity index (χ0n) is 9.99. The third-order valence-corrected chi connectivity index (χ3v) is 3.53. The highest BCUT2D eigenvalue weighted by Gasteiger charge is 2.26. The Morgan fingerprint density at radius 3 is 2.82 bits per heavy atom. The molecule has 98 valence electrons. The van der Waals surface area contributed by atoms with Gasteiger partial charge in [-0.1, -0.05) is 6.92 Å². The van der Waals surface area contributed by atoms with Gasteiger partial charge in [-0.15, -0.1) is 11.6 Å². The van der Waals surface area contributed by atoms with Gasteiger partial charge in [-0.25, -0.2) is 4.79 Å². The van der Waals surface area contributed by atoms with Crippen molar-refractivity contribution in [3.63, 3.8) is 0 Å². The van der Waals surface area contributed by atoms with E-state index in [2.05, 4.69) is 5.32 Å². The summed E-state index contributed by atoms with van der Waals surface area (Å²) in [6.07, 6.45) is 0.849. The number of hydrogen-bond donors (Lipinski definition) is 2. The first kappa shape index (κ1) is 14.1. The fourth-order valence-electron chi connectivity index (χ4n) is 2.25. The summed E-state index contributed by atoms with van der Waals surface area (Å²) in [5.41, 5.74) is 0. The predicted octanol–water partition coefficient (Wildman–Crippen LogP) is 1.37. The maximum atomic E-state index is 11.5. The standard InChI is InChI=1S/C11H19ClN2O3/c1-8-7-14(10(15)5-12)4-2-3-9(8)6-13-11(16)17/h8-9,13H,2-7H2,1H3,(H,16,17). The molecule has 0 saturated carbocycles. The molecule has 0 spiro atoms. The third kappa shape index (κ3) is 4.42. The molecule has 0 aromatic rings. The van der Waals surface area contributed by atoms with E-state index in [9.17, 15) is 9.59 Å². The summed E-state index contributed by atoms with van der Waals surface area (Å²) in [4.78, 5) is 23.8. The molecule has 1 aliphatic heterocycles. The van der Waals surface area contributed by atoms with Crippen molar-refractivity contribution in [3.8, 4) is 0 Å². The zero-order chi connectivity index (χ0) is 12.8. The summed E-state index contributed by atoms with van der Waals surface area (Å²) < 4.78 is 0. The zero-order valence-corrected chi connectivity index (χ0v) is 10.7. The minimum Gasteiger partial charge on any atom is -0.465 e. The molecule has 2 unspecified atom stereocenters. The van der Waals surface area contributed by atoms with Gasteiger partial charge < -0.3 is 15.3 Å². The molecule has 17 heavy (non-hydrogen) atoms. The normalized spacial score (nSPS) is 25.2. The van der Waals surface area contributed by atoms with Gasteiger partial charge in [0.2, 0.25) is 5.91 Å². The fraction of sp³-hybridized carbons (Fsp3) is 0.818. The largest absolute Gasteiger partial charge is 0.465 e. The molecule has 2 N–H and O–H groups in total. The molecule has 0 bridgehead atoms. The number of rotatable bonds is 3. The first-order chi connectivity index (χ1) is 8.04. The summed E-state index contributed by atoms with van der Waals surface area (Å²) in [6.45, 7) is 3.89. The van der Waals surface area contributed by atoms with E-state index < -0.39 is 6.09 Å². The molecule has 1 saturated heterocycles. The van der Waals surface area contributed by atoms with E-state index in [1.54, 1.807) is 4.90 Å². The van der Waals surface area contributed by atoms with Crippen LogP contribution in [0.15, 0.2) is 0 Å². The molecule has 2 atom stereocenters. The van der Waals surface area contributed by atoms with Crippen molar-refractivity contribution in [2.75, 3.05) is 25.5 Å². The number of halogens is 1. The number of nitrogens with one attached hydrogen (secondary N) is 1. The van der Waals surface area contributed by atoms with Gasteiger partial charge in [0.25, 0.3) is 0 Å². The summed E-state index contributed by atoms with van der Waals surface area (Å²) in [5, 5.41) is 11.0. The molecule has 0 radical (unpaired) electrons. The number of likely N-dealkylation sites (tertiary alicyclic amines) is 1. The summed E-state index contributed by atoms with van der Waals surface area (Å²) in [6, 6.07) is 0. The second-order valence-electron chi connectivity index (χ2n) is 4.54. The fourth-order valence-corrected chi connectivity index (χ4v) is 2.42. The van der Waals surface area contributed by atoms with Gasteiger partial charge in [-0.05, 0) is 24.7 Å². The number of amides is 2. The molecule has 1 heterocycles. The minimum atomic E-state index is -0.991. The lowest BCUT2D eigenvalue weighted by Gasteiger charge is -2.25. The molecule has 5 nitrogen and oxygen atoms in total. The van der Waals surface area contributed by atoms with Crippen LogP contribution in [-0.2, 0) is 4.79 Å². The van der Waals surface area contributed by atoms with Crippen molar-refractivity contribution < 1.29 is 14.7 Å². The Morgan fingerprint density at radius 1 is 1.53 bits per heavy atom. The van der Waals surface area contributed by atoms with Gasteiger partial charge in [0, 0.05) is 19.6 Å². The molecular weight excluding hydrogens is 244 g/mol. The maximum absolute atomic E-state index is 11.5. The van der Waals surface area contributed by atoms with Crippen LogP contribution in [0.1, 0.15) is 19.8 Å². The van der Waals surface area contributed by atoms with Gasteiger partial charge in [0.05, 0.1) is 0 Å². The molecule has 1 aliphatic rings. The average Bonchev–Trinajstić information content (AvgIpc) is 2.47. The van der Waals surface area contributed by atoms with Crippen molar-refractivity contribution in [3.05, 3.63) is 0 Å². The van der Waals surface area contributed by atoms with E-state index in [-0.39, 0.29) is 17.7 Å². The lowest BCUT2D eigenvalue weighted by Crippen LogP contribution is -2.37. The highest BCUT2D eigenvalue weighted by atomic mass is 35.5. The van der Waals surface area contributed by atoms with Crippen molar-refractivity contribution >= 4 is 23.6 Å². The van der Waals surface area contributed by atoms with Gasteiger partial charge in [0.1, 0.15) is 5.88 Å². The van der Waals surface area contributed by atoms with Crippen LogP contribution in [0.25, 0.3) is 0 Å². The van der Waals surface area contributed by atoms with E-state index in [0.29, 0.717) is 19.0 Å². The van der Waals surface area contributed by atoms with Crippen molar-refractivity contribution in [2.45, 2.75) is 19.8 Å². The maximum Gasteiger partial charge on any atom is 0.404 e. The van der Waals surface area contributed by atoms with Crippen LogP contribution in [0.2, 0.25) is 0 Å². The number of carbonyl (C=O) groups excluding carboxylic acids is 1. The number of alkyl halides is 1. The second-order valence-corrected chi connectivity index (χ2v) is 4.81. The second kappa shape index (κ2) is 6.69. The SMILES string of the molecule is CC1CN(C(=O)CCl)CCCC1CNC(=O)O. The molecule has 1 rings (SSSR count). The molecule has 0 aromatic heterocycles. The van der Waals surface area contributed by atoms with Crippen molar-refractivity contribution in [2.24, 2.45) is 11.8 Å². The Morgan fingerprint density at radius 2 is 2.24 bits per heavy atom. The van der Waals surface area contributed by atoms with Gasteiger partial charge in [0.15, 0.2) is 0 Å². The van der Waals surface area contributed by atoms with E-state index in [4.69, 9.17) is 16.7 Å². The summed E-state index contributed by atoms with van der Waals surface area (Å²) in [7, 11) is 0. The molecule has 0 aromatic carbocycles. The van der Waals surface area contributed by atoms with Crippen LogP contribution >= 0.6 is 11.6 Å². The number of carboxylic acid groups (broad SMARTS) is 1. The molecular formula is C11H19ClN2O3. The lowest BCUT2D eigenvalue weighted by molar-refractivity contribution is -0.128. The monoisotopic (exact) mass is 262 g/mol. The molecule has 1 fully saturated rings. The molecule has 0 aliphatic carbocycles. The highest BCUT2D eigenvalue weighted by molar-refractivity contribution is 6.27. The number of nitrogens with zero attached hydrogens (tertiary/aromatic N) is 1. The number of hydrogen-bond acceptors (Lipinski definition) is 2.